The average Bonchev–Trinajstić information content (AvgIpc) is 3.27. The van der Waals surface area contributed by atoms with Crippen LogP contribution in [0.15, 0.2) is 0 Å². The zero-order valence-corrected chi connectivity index (χ0v) is 27.8. The highest BCUT2D eigenvalue weighted by molar-refractivity contribution is 5.33. The van der Waals surface area contributed by atoms with E-state index in [-0.39, 0.29) is 52.3 Å². The first kappa shape index (κ1) is 32.2. The maximum absolute atomic E-state index is 12.1. The van der Waals surface area contributed by atoms with Crippen LogP contribution in [-0.2, 0) is 14.2 Å². The highest BCUT2D eigenvalue weighted by Crippen LogP contribution is 2.89. The van der Waals surface area contributed by atoms with E-state index in [1.807, 2.05) is 13.8 Å². The quantitative estimate of drug-likeness (QED) is 0.260. The van der Waals surface area contributed by atoms with Crippen LogP contribution in [0.3, 0.4) is 0 Å². The number of fused-ring (bicyclic) bond motifs is 2. The van der Waals surface area contributed by atoms with Crippen molar-refractivity contribution >= 4 is 0 Å². The summed E-state index contributed by atoms with van der Waals surface area (Å²) < 4.78 is 18.7. The molecular weight excluding hydrogens is 564 g/mol. The molecule has 2 aliphatic heterocycles. The fourth-order valence-electron chi connectivity index (χ4n) is 13.4. The smallest absolute Gasteiger partial charge is 0.186 e. The minimum atomic E-state index is -1.33. The Kier molecular flexibility index (Phi) is 7.04. The number of rotatable bonds is 4. The molecule has 0 bridgehead atoms. The molecule has 2 saturated heterocycles. The number of hydrogen-bond donors (Lipinski definition) is 6. The van der Waals surface area contributed by atoms with Crippen molar-refractivity contribution in [3.05, 3.63) is 0 Å². The van der Waals surface area contributed by atoms with E-state index in [2.05, 4.69) is 34.6 Å². The SMILES string of the molecule is CC(C)(O)C1CC[C@](C)(C2C(O)C[C@@]3(C)C4C[C@H](O)[C@H]5C(C)(C)C(OC6OC[C@@H](O)[C@H](O)[C@H]6O)CCC56CC46CCC23C)O1. The van der Waals surface area contributed by atoms with E-state index in [0.29, 0.717) is 18.8 Å². The summed E-state index contributed by atoms with van der Waals surface area (Å²) >= 11 is 0. The van der Waals surface area contributed by atoms with E-state index >= 15 is 0 Å². The van der Waals surface area contributed by atoms with Gasteiger partial charge in [0.05, 0.1) is 42.2 Å². The van der Waals surface area contributed by atoms with Crippen LogP contribution in [-0.4, -0.2) is 97.5 Å². The Bertz CT molecular complexity index is 1160. The minimum absolute atomic E-state index is 0.00753. The monoisotopic (exact) mass is 622 g/mol. The molecule has 9 nitrogen and oxygen atoms in total. The van der Waals surface area contributed by atoms with Crippen LogP contribution < -0.4 is 0 Å². The molecular formula is C35H58O9. The molecule has 9 heteroatoms. The van der Waals surface area contributed by atoms with Gasteiger partial charge in [0, 0.05) is 5.92 Å². The second-order valence-electron chi connectivity index (χ2n) is 18.3. The van der Waals surface area contributed by atoms with E-state index in [4.69, 9.17) is 14.2 Å². The molecule has 252 valence electrons. The van der Waals surface area contributed by atoms with Gasteiger partial charge in [-0.2, -0.15) is 0 Å². The first-order valence-electron chi connectivity index (χ1n) is 17.4. The maximum atomic E-state index is 12.1. The Balaban J connectivity index is 1.15. The molecule has 0 aromatic rings. The lowest BCUT2D eigenvalue weighted by Gasteiger charge is -2.64. The highest BCUT2D eigenvalue weighted by atomic mass is 16.7. The van der Waals surface area contributed by atoms with Crippen LogP contribution in [0.1, 0.15) is 106 Å². The number of ether oxygens (including phenoxy) is 3. The van der Waals surface area contributed by atoms with Gasteiger partial charge in [-0.15, -0.1) is 0 Å². The molecule has 2 heterocycles. The molecule has 9 unspecified atom stereocenters. The van der Waals surface area contributed by atoms with Gasteiger partial charge in [0.2, 0.25) is 0 Å². The lowest BCUT2D eigenvalue weighted by Crippen LogP contribution is -2.63. The Morgan fingerprint density at radius 3 is 2.11 bits per heavy atom. The first-order chi connectivity index (χ1) is 20.3. The minimum Gasteiger partial charge on any atom is -0.393 e. The largest absolute Gasteiger partial charge is 0.393 e. The zero-order valence-electron chi connectivity index (χ0n) is 27.8. The molecule has 5 aliphatic carbocycles. The number of aliphatic hydroxyl groups is 6. The fraction of sp³-hybridized carbons (Fsp3) is 1.00. The maximum Gasteiger partial charge on any atom is 0.186 e. The van der Waals surface area contributed by atoms with Crippen LogP contribution in [0, 0.1) is 44.8 Å². The summed E-state index contributed by atoms with van der Waals surface area (Å²) in [6, 6.07) is 0. The first-order valence-corrected chi connectivity index (χ1v) is 17.4. The molecule has 6 N–H and O–H groups in total. The van der Waals surface area contributed by atoms with Gasteiger partial charge in [-0.05, 0) is 117 Å². The van der Waals surface area contributed by atoms with Crippen molar-refractivity contribution in [3.8, 4) is 0 Å². The van der Waals surface area contributed by atoms with E-state index in [9.17, 15) is 30.6 Å². The van der Waals surface area contributed by atoms with E-state index in [0.717, 1.165) is 44.9 Å². The summed E-state index contributed by atoms with van der Waals surface area (Å²) in [6.45, 7) is 14.8. The topological polar surface area (TPSA) is 149 Å². The standard InChI is InChI=1S/C35H58O9/c1-29(2)22(43-28-25(40)24(39)20(38)16-42-28)9-11-35-17-34(35)13-12-31(5)27(33(7)10-8-23(44-33)30(3,4)41)19(37)15-32(31,6)21(34)14-18(36)26(29)35/h18-28,36-41H,8-17H2,1-7H3/t18-,19?,20+,21?,22?,23?,24-,25+,26-,27?,28?,31?,32-,33+,34?,35?/m0/s1. The van der Waals surface area contributed by atoms with Gasteiger partial charge in [-0.25, -0.2) is 0 Å². The molecule has 5 saturated carbocycles. The third-order valence-electron chi connectivity index (χ3n) is 15.5. The van der Waals surface area contributed by atoms with Gasteiger partial charge < -0.3 is 44.8 Å². The van der Waals surface area contributed by atoms with Crippen LogP contribution in [0.5, 0.6) is 0 Å². The zero-order chi connectivity index (χ0) is 32.0. The van der Waals surface area contributed by atoms with Gasteiger partial charge in [0.25, 0.3) is 0 Å². The third kappa shape index (κ3) is 3.97. The van der Waals surface area contributed by atoms with Gasteiger partial charge in [-0.3, -0.25) is 0 Å². The lowest BCUT2D eigenvalue weighted by atomic mass is 9.41. The highest BCUT2D eigenvalue weighted by Gasteiger charge is 2.85. The molecule has 7 rings (SSSR count). The Hall–Kier alpha value is -0.360. The molecule has 0 radical (unpaired) electrons. The number of aliphatic hydroxyl groups excluding tert-OH is 5. The summed E-state index contributed by atoms with van der Waals surface area (Å²) in [4.78, 5) is 0. The van der Waals surface area contributed by atoms with Crippen LogP contribution in [0.25, 0.3) is 0 Å². The lowest BCUT2D eigenvalue weighted by molar-refractivity contribution is -0.306. The molecule has 0 amide bonds. The van der Waals surface area contributed by atoms with E-state index in [1.54, 1.807) is 0 Å². The van der Waals surface area contributed by atoms with Crippen molar-refractivity contribution < 1.29 is 44.8 Å². The molecule has 0 aromatic heterocycles. The molecule has 16 atom stereocenters. The van der Waals surface area contributed by atoms with E-state index < -0.39 is 53.4 Å². The second kappa shape index (κ2) is 9.63. The summed E-state index contributed by atoms with van der Waals surface area (Å²) in [5, 5.41) is 65.5. The van der Waals surface area contributed by atoms with Gasteiger partial charge in [0.1, 0.15) is 18.3 Å². The Morgan fingerprint density at radius 1 is 0.750 bits per heavy atom. The second-order valence-corrected chi connectivity index (χ2v) is 18.3. The van der Waals surface area contributed by atoms with Crippen LogP contribution >= 0.6 is 0 Å². The summed E-state index contributed by atoms with van der Waals surface area (Å²) in [5.41, 5.74) is -2.01. The van der Waals surface area contributed by atoms with E-state index in [1.165, 1.54) is 0 Å². The molecule has 7 aliphatic rings. The molecule has 2 spiro atoms. The van der Waals surface area contributed by atoms with Gasteiger partial charge >= 0.3 is 0 Å². The normalized spacial score (nSPS) is 59.8. The van der Waals surface area contributed by atoms with Crippen molar-refractivity contribution in [3.63, 3.8) is 0 Å². The average molecular weight is 623 g/mol. The van der Waals surface area contributed by atoms with Crippen LogP contribution in [0.4, 0.5) is 0 Å². The van der Waals surface area contributed by atoms with Crippen molar-refractivity contribution in [1.29, 1.82) is 0 Å². The fourth-order valence-corrected chi connectivity index (χ4v) is 13.4. The molecule has 0 aromatic carbocycles. The Morgan fingerprint density at radius 2 is 1.45 bits per heavy atom. The molecule has 44 heavy (non-hydrogen) atoms. The van der Waals surface area contributed by atoms with Crippen molar-refractivity contribution in [2.24, 2.45) is 44.8 Å². The van der Waals surface area contributed by atoms with Crippen molar-refractivity contribution in [1.82, 2.24) is 0 Å². The van der Waals surface area contributed by atoms with Crippen molar-refractivity contribution in [2.75, 3.05) is 6.61 Å². The summed E-state index contributed by atoms with van der Waals surface area (Å²) in [6.07, 6.45) is 1.57. The summed E-state index contributed by atoms with van der Waals surface area (Å²) in [7, 11) is 0. The van der Waals surface area contributed by atoms with Gasteiger partial charge in [-0.1, -0.05) is 27.7 Å². The van der Waals surface area contributed by atoms with Crippen molar-refractivity contribution in [2.45, 2.75) is 166 Å². The predicted octanol–water partition coefficient (Wildman–Crippen LogP) is 2.90. The van der Waals surface area contributed by atoms with Crippen LogP contribution in [0.2, 0.25) is 0 Å². The predicted molar refractivity (Wildman–Crippen MR) is 161 cm³/mol. The number of hydrogen-bond acceptors (Lipinski definition) is 9. The summed E-state index contributed by atoms with van der Waals surface area (Å²) in [5.74, 6) is 0.285. The third-order valence-corrected chi connectivity index (χ3v) is 15.5. The Labute approximate surface area is 262 Å². The molecule has 7 fully saturated rings. The van der Waals surface area contributed by atoms with Gasteiger partial charge in [0.15, 0.2) is 6.29 Å².